The minimum Gasteiger partial charge on any atom is -0.294 e. The monoisotopic (exact) mass is 420 g/mol. The summed E-state index contributed by atoms with van der Waals surface area (Å²) in [5, 5.41) is 0. The summed E-state index contributed by atoms with van der Waals surface area (Å²) < 4.78 is 29.8. The number of ketones is 1. The summed E-state index contributed by atoms with van der Waals surface area (Å²) >= 11 is 0. The molecule has 0 bridgehead atoms. The van der Waals surface area contributed by atoms with Crippen LogP contribution in [0.5, 0.6) is 0 Å². The van der Waals surface area contributed by atoms with Crippen molar-refractivity contribution in [3.8, 4) is 22.3 Å². The Kier molecular flexibility index (Phi) is 7.04. The van der Waals surface area contributed by atoms with Gasteiger partial charge in [-0.1, -0.05) is 101 Å². The van der Waals surface area contributed by atoms with Crippen LogP contribution < -0.4 is 0 Å². The van der Waals surface area contributed by atoms with Gasteiger partial charge in [-0.2, -0.15) is 0 Å². The molecular weight excluding hydrogens is 390 g/mol. The predicted octanol–water partition coefficient (Wildman–Crippen LogP) is 8.26. The van der Waals surface area contributed by atoms with E-state index in [1.165, 1.54) is 18.4 Å². The van der Waals surface area contributed by atoms with E-state index in [1.54, 1.807) is 36.4 Å². The predicted molar refractivity (Wildman–Crippen MR) is 124 cm³/mol. The second-order valence-corrected chi connectivity index (χ2v) is 9.10. The zero-order valence-corrected chi connectivity index (χ0v) is 18.8. The maximum atomic E-state index is 14.9. The van der Waals surface area contributed by atoms with Crippen molar-refractivity contribution in [2.24, 2.45) is 5.41 Å². The topological polar surface area (TPSA) is 17.1 Å². The van der Waals surface area contributed by atoms with E-state index in [1.807, 2.05) is 45.0 Å². The molecule has 0 aliphatic carbocycles. The van der Waals surface area contributed by atoms with Crippen molar-refractivity contribution in [3.05, 3.63) is 83.4 Å². The van der Waals surface area contributed by atoms with Gasteiger partial charge < -0.3 is 0 Å². The van der Waals surface area contributed by atoms with Gasteiger partial charge in [0.15, 0.2) is 17.4 Å². The Labute approximate surface area is 184 Å². The molecule has 3 aromatic rings. The second-order valence-electron chi connectivity index (χ2n) is 9.10. The summed E-state index contributed by atoms with van der Waals surface area (Å²) in [6.07, 6.45) is 4.49. The summed E-state index contributed by atoms with van der Waals surface area (Å²) in [7, 11) is 0. The lowest BCUT2D eigenvalue weighted by atomic mass is 9.86. The Morgan fingerprint density at radius 2 is 1.23 bits per heavy atom. The van der Waals surface area contributed by atoms with Gasteiger partial charge in [-0.15, -0.1) is 0 Å². The van der Waals surface area contributed by atoms with Crippen LogP contribution in [0.3, 0.4) is 0 Å². The fraction of sp³-hybridized carbons (Fsp3) is 0.321. The highest BCUT2D eigenvalue weighted by Gasteiger charge is 2.23. The third-order valence-corrected chi connectivity index (χ3v) is 5.56. The lowest BCUT2D eigenvalue weighted by Crippen LogP contribution is -2.19. The molecule has 0 spiro atoms. The number of carbonyl (C=O) groups excluding carboxylic acids is 1. The minimum absolute atomic E-state index is 0.0131. The van der Waals surface area contributed by atoms with E-state index in [2.05, 4.69) is 6.92 Å². The van der Waals surface area contributed by atoms with Crippen LogP contribution >= 0.6 is 0 Å². The van der Waals surface area contributed by atoms with Crippen LogP contribution in [0.2, 0.25) is 0 Å². The summed E-state index contributed by atoms with van der Waals surface area (Å²) in [6.45, 7) is 7.74. The van der Waals surface area contributed by atoms with E-state index in [9.17, 15) is 13.6 Å². The van der Waals surface area contributed by atoms with Gasteiger partial charge in [0.25, 0.3) is 0 Å². The molecule has 31 heavy (non-hydrogen) atoms. The van der Waals surface area contributed by atoms with Gasteiger partial charge >= 0.3 is 0 Å². The SMILES string of the molecule is CCCCCc1ccc(-c2ccc(-c3ccc(C(=O)C(C)(C)C)cc3)c(F)c2F)cc1. The first kappa shape index (κ1) is 22.9. The van der Waals surface area contributed by atoms with E-state index in [4.69, 9.17) is 0 Å². The first-order valence-corrected chi connectivity index (χ1v) is 10.9. The number of aryl methyl sites for hydroxylation is 1. The van der Waals surface area contributed by atoms with Crippen LogP contribution in [-0.2, 0) is 6.42 Å². The van der Waals surface area contributed by atoms with Gasteiger partial charge in [-0.25, -0.2) is 8.78 Å². The molecule has 0 saturated carbocycles. The molecule has 0 aliphatic heterocycles. The van der Waals surface area contributed by atoms with Crippen molar-refractivity contribution >= 4 is 5.78 Å². The van der Waals surface area contributed by atoms with Crippen molar-refractivity contribution in [2.45, 2.75) is 53.4 Å². The molecule has 0 heterocycles. The first-order chi connectivity index (χ1) is 14.7. The third-order valence-electron chi connectivity index (χ3n) is 5.56. The highest BCUT2D eigenvalue weighted by atomic mass is 19.2. The Balaban J connectivity index is 1.85. The molecule has 3 heteroatoms. The van der Waals surface area contributed by atoms with E-state index < -0.39 is 17.0 Å². The Morgan fingerprint density at radius 3 is 1.68 bits per heavy atom. The summed E-state index contributed by atoms with van der Waals surface area (Å²) in [5.74, 6) is -1.72. The quantitative estimate of drug-likeness (QED) is 0.278. The number of carbonyl (C=O) groups is 1. The third kappa shape index (κ3) is 5.28. The van der Waals surface area contributed by atoms with Crippen LogP contribution in [0.15, 0.2) is 60.7 Å². The van der Waals surface area contributed by atoms with Crippen LogP contribution in [-0.4, -0.2) is 5.78 Å². The molecule has 0 saturated heterocycles. The highest BCUT2D eigenvalue weighted by Crippen LogP contribution is 2.32. The lowest BCUT2D eigenvalue weighted by Gasteiger charge is -2.17. The molecule has 162 valence electrons. The zero-order chi connectivity index (χ0) is 22.6. The zero-order valence-electron chi connectivity index (χ0n) is 18.8. The van der Waals surface area contributed by atoms with E-state index in [0.717, 1.165) is 12.8 Å². The molecule has 0 aliphatic rings. The van der Waals surface area contributed by atoms with Crippen LogP contribution in [0.25, 0.3) is 22.3 Å². The Morgan fingerprint density at radius 1 is 0.742 bits per heavy atom. The van der Waals surface area contributed by atoms with Gasteiger partial charge in [0, 0.05) is 22.1 Å². The van der Waals surface area contributed by atoms with Crippen LogP contribution in [0.1, 0.15) is 62.9 Å². The smallest absolute Gasteiger partial charge is 0.168 e. The second kappa shape index (κ2) is 9.55. The molecule has 0 fully saturated rings. The Bertz CT molecular complexity index is 1040. The standard InChI is InChI=1S/C28H30F2O/c1-5-6-7-8-19-9-11-20(12-10-19)23-17-18-24(26(30)25(23)29)21-13-15-22(16-14-21)27(31)28(2,3)4/h9-18H,5-8H2,1-4H3. The molecule has 0 amide bonds. The number of unbranched alkanes of at least 4 members (excludes halogenated alkanes) is 2. The maximum Gasteiger partial charge on any atom is 0.168 e. The van der Waals surface area contributed by atoms with E-state index in [-0.39, 0.29) is 16.9 Å². The maximum absolute atomic E-state index is 14.9. The number of halogens is 2. The summed E-state index contributed by atoms with van der Waals surface area (Å²) in [5.41, 5.74) is 2.92. The molecule has 0 aromatic heterocycles. The van der Waals surface area contributed by atoms with Crippen LogP contribution in [0.4, 0.5) is 8.78 Å². The number of hydrogen-bond donors (Lipinski definition) is 0. The average Bonchev–Trinajstić information content (AvgIpc) is 2.75. The molecule has 3 rings (SSSR count). The highest BCUT2D eigenvalue weighted by molar-refractivity contribution is 6.00. The molecule has 1 nitrogen and oxygen atoms in total. The molecule has 0 radical (unpaired) electrons. The van der Waals surface area contributed by atoms with Gasteiger partial charge in [0.2, 0.25) is 0 Å². The van der Waals surface area contributed by atoms with Crippen LogP contribution in [0, 0.1) is 17.0 Å². The fourth-order valence-corrected chi connectivity index (χ4v) is 3.66. The summed E-state index contributed by atoms with van der Waals surface area (Å²) in [6, 6.07) is 17.6. The van der Waals surface area contributed by atoms with Crippen molar-refractivity contribution < 1.29 is 13.6 Å². The van der Waals surface area contributed by atoms with Crippen molar-refractivity contribution in [3.63, 3.8) is 0 Å². The van der Waals surface area contributed by atoms with Gasteiger partial charge in [0.05, 0.1) is 0 Å². The lowest BCUT2D eigenvalue weighted by molar-refractivity contribution is 0.0858. The van der Waals surface area contributed by atoms with E-state index >= 15 is 0 Å². The van der Waals surface area contributed by atoms with Gasteiger partial charge in [0.1, 0.15) is 0 Å². The minimum atomic E-state index is -0.876. The number of hydrogen-bond acceptors (Lipinski definition) is 1. The fourth-order valence-electron chi connectivity index (χ4n) is 3.66. The normalized spacial score (nSPS) is 11.5. The number of rotatable bonds is 7. The largest absolute Gasteiger partial charge is 0.294 e. The average molecular weight is 421 g/mol. The number of Topliss-reactive ketones (excluding diaryl/α,β-unsaturated/α-hetero) is 1. The Hall–Kier alpha value is -2.81. The van der Waals surface area contributed by atoms with Crippen molar-refractivity contribution in [1.29, 1.82) is 0 Å². The van der Waals surface area contributed by atoms with Gasteiger partial charge in [-0.05, 0) is 29.5 Å². The molecule has 0 unspecified atom stereocenters. The number of benzene rings is 3. The molecule has 3 aromatic carbocycles. The van der Waals surface area contributed by atoms with E-state index in [0.29, 0.717) is 16.7 Å². The molecule has 0 atom stereocenters. The van der Waals surface area contributed by atoms with Crippen molar-refractivity contribution in [2.75, 3.05) is 0 Å². The van der Waals surface area contributed by atoms with Gasteiger partial charge in [-0.3, -0.25) is 4.79 Å². The van der Waals surface area contributed by atoms with Crippen molar-refractivity contribution in [1.82, 2.24) is 0 Å². The molecular formula is C28H30F2O. The first-order valence-electron chi connectivity index (χ1n) is 10.9. The molecule has 0 N–H and O–H groups in total. The summed E-state index contributed by atoms with van der Waals surface area (Å²) in [4.78, 5) is 12.4.